The van der Waals surface area contributed by atoms with Crippen LogP contribution in [0.3, 0.4) is 0 Å². The van der Waals surface area contributed by atoms with E-state index in [1.807, 2.05) is 5.32 Å². The van der Waals surface area contributed by atoms with E-state index in [1.165, 1.54) is 23.4 Å². The molecule has 3 N–H and O–H groups in total. The Morgan fingerprint density at radius 3 is 3.00 bits per heavy atom. The van der Waals surface area contributed by atoms with Gasteiger partial charge in [0.1, 0.15) is 24.1 Å². The van der Waals surface area contributed by atoms with Crippen LogP contribution in [-0.4, -0.2) is 62.4 Å². The topological polar surface area (TPSA) is 107 Å². The number of β-amino-alcohol motifs (C(OH)–C–C–N with tert-alkyl or cyclic N) is 1. The molecule has 4 rings (SSSR count). The molecule has 0 radical (unpaired) electrons. The van der Waals surface area contributed by atoms with Crippen molar-refractivity contribution in [1.82, 2.24) is 25.3 Å². The van der Waals surface area contributed by atoms with Gasteiger partial charge in [-0.25, -0.2) is 15.0 Å². The quantitative estimate of drug-likeness (QED) is 0.571. The first-order chi connectivity index (χ1) is 14.2. The number of alkyl halides is 3. The Bertz CT molecular complexity index is 1100. The van der Waals surface area contributed by atoms with Gasteiger partial charge in [0.2, 0.25) is 5.91 Å². The van der Waals surface area contributed by atoms with E-state index in [1.54, 1.807) is 12.3 Å². The minimum Gasteiger partial charge on any atom is -0.391 e. The van der Waals surface area contributed by atoms with E-state index in [9.17, 15) is 23.1 Å². The molecule has 1 fully saturated rings. The Labute approximate surface area is 176 Å². The predicted octanol–water partition coefficient (Wildman–Crippen LogP) is 2.78. The Morgan fingerprint density at radius 1 is 1.43 bits per heavy atom. The first-order valence-corrected chi connectivity index (χ1v) is 9.34. The third kappa shape index (κ3) is 4.17. The van der Waals surface area contributed by atoms with Gasteiger partial charge in [-0.3, -0.25) is 4.79 Å². The van der Waals surface area contributed by atoms with Crippen molar-refractivity contribution in [3.05, 3.63) is 35.7 Å². The summed E-state index contributed by atoms with van der Waals surface area (Å²) in [6.45, 7) is -1.38. The zero-order chi connectivity index (χ0) is 21.5. The highest BCUT2D eigenvalue weighted by atomic mass is 35.5. The van der Waals surface area contributed by atoms with Crippen molar-refractivity contribution < 1.29 is 25.9 Å². The van der Waals surface area contributed by atoms with Gasteiger partial charge in [0.25, 0.3) is 0 Å². The smallest absolute Gasteiger partial charge is 0.391 e. The van der Waals surface area contributed by atoms with Gasteiger partial charge in [0.15, 0.2) is 5.82 Å². The molecule has 1 amide bonds. The molecule has 0 aromatic carbocycles. The molecule has 0 bridgehead atoms. The summed E-state index contributed by atoms with van der Waals surface area (Å²) >= 11 is 6.02. The van der Waals surface area contributed by atoms with Crippen LogP contribution in [0.5, 0.6) is 0 Å². The van der Waals surface area contributed by atoms with Gasteiger partial charge in [0, 0.05) is 45.4 Å². The number of halogens is 4. The van der Waals surface area contributed by atoms with Gasteiger partial charge in [-0.2, -0.15) is 13.2 Å². The number of rotatable bonds is 4. The molecule has 3 aromatic heterocycles. The lowest BCUT2D eigenvalue weighted by Crippen LogP contribution is -2.46. The average molecular weight is 445 g/mol. The monoisotopic (exact) mass is 444 g/mol. The number of aliphatic hydroxyl groups is 1. The van der Waals surface area contributed by atoms with Crippen molar-refractivity contribution in [3.8, 4) is 11.4 Å². The van der Waals surface area contributed by atoms with Crippen LogP contribution in [0.2, 0.25) is 5.02 Å². The molecule has 12 heteroatoms. The molecule has 1 saturated heterocycles. The number of carbonyl (C=O) groups excluding carboxylic acids is 1. The normalized spacial score (nSPS) is 19.4. The maximum absolute atomic E-state index is 12.4. The number of fused-ring (bicyclic) bond motifs is 1. The van der Waals surface area contributed by atoms with Crippen molar-refractivity contribution in [2.24, 2.45) is 0 Å². The predicted molar refractivity (Wildman–Crippen MR) is 107 cm³/mol. The number of carbonyl (C=O) groups is 1. The first-order valence-electron chi connectivity index (χ1n) is 8.96. The third-order valence-electron chi connectivity index (χ3n) is 4.72. The standard InChI is InChI=1S/C18H16ClF3N6O2.2H2/c19-9-3-11-12(6-25-15(11)24-5-9)16-23-2-1-14(27-16)28-7-10(29)4-13(28)17(30)26-8-18(20,21)22;;/h1-3,5-6,10,13,29H,4,7-8H2,(H,24,25)(H,26,30);2*1H/t10-,13+;;/m0../s1. The van der Waals surface area contributed by atoms with Gasteiger partial charge in [-0.15, -0.1) is 0 Å². The third-order valence-corrected chi connectivity index (χ3v) is 4.93. The van der Waals surface area contributed by atoms with Crippen LogP contribution in [0.25, 0.3) is 22.4 Å². The zero-order valence-electron chi connectivity index (χ0n) is 15.3. The second-order valence-corrected chi connectivity index (χ2v) is 7.32. The van der Waals surface area contributed by atoms with Gasteiger partial charge < -0.3 is 20.3 Å². The maximum Gasteiger partial charge on any atom is 0.405 e. The molecular formula is C18H20ClF3N6O2. The number of amides is 1. The van der Waals surface area contributed by atoms with Crippen molar-refractivity contribution >= 4 is 34.4 Å². The summed E-state index contributed by atoms with van der Waals surface area (Å²) in [6.07, 6.45) is -0.762. The lowest BCUT2D eigenvalue weighted by molar-refractivity contribution is -0.139. The van der Waals surface area contributed by atoms with Crippen LogP contribution in [0.15, 0.2) is 30.7 Å². The molecule has 2 atom stereocenters. The van der Waals surface area contributed by atoms with Crippen molar-refractivity contribution in [3.63, 3.8) is 0 Å². The van der Waals surface area contributed by atoms with Crippen molar-refractivity contribution in [2.45, 2.75) is 24.7 Å². The average Bonchev–Trinajstić information content (AvgIpc) is 3.29. The molecule has 0 aliphatic carbocycles. The van der Waals surface area contributed by atoms with E-state index < -0.39 is 30.8 Å². The minimum absolute atomic E-state index is 0. The van der Waals surface area contributed by atoms with Crippen molar-refractivity contribution in [2.75, 3.05) is 18.0 Å². The van der Waals surface area contributed by atoms with Crippen LogP contribution < -0.4 is 10.2 Å². The SMILES string of the molecule is O=C(NCC(F)(F)F)[C@H]1C[C@H](O)CN1c1ccnc(-c2c[nH]c3ncc(Cl)cc23)n1.[HH].[HH]. The second kappa shape index (κ2) is 7.73. The van der Waals surface area contributed by atoms with E-state index in [0.717, 1.165) is 0 Å². The van der Waals surface area contributed by atoms with Crippen LogP contribution >= 0.6 is 11.6 Å². The number of nitrogens with one attached hydrogen (secondary N) is 2. The summed E-state index contributed by atoms with van der Waals surface area (Å²) in [5, 5.41) is 13.0. The van der Waals surface area contributed by atoms with Crippen LogP contribution in [0.4, 0.5) is 19.0 Å². The number of anilines is 1. The number of aromatic amines is 1. The van der Waals surface area contributed by atoms with E-state index >= 15 is 0 Å². The van der Waals surface area contributed by atoms with Gasteiger partial charge in [-0.1, -0.05) is 11.6 Å². The molecule has 1 aliphatic heterocycles. The maximum atomic E-state index is 12.4. The Balaban J connectivity index is 0.00000181. The first kappa shape index (κ1) is 20.4. The Kier molecular flexibility index (Phi) is 5.24. The number of aromatic nitrogens is 4. The zero-order valence-corrected chi connectivity index (χ0v) is 16.1. The fraction of sp³-hybridized carbons (Fsp3) is 0.333. The molecule has 0 spiro atoms. The number of H-pyrrole nitrogens is 1. The summed E-state index contributed by atoms with van der Waals surface area (Å²) in [7, 11) is 0. The van der Waals surface area contributed by atoms with Crippen LogP contribution in [-0.2, 0) is 4.79 Å². The fourth-order valence-electron chi connectivity index (χ4n) is 3.42. The van der Waals surface area contributed by atoms with E-state index in [2.05, 4.69) is 19.9 Å². The molecule has 3 aromatic rings. The molecule has 4 heterocycles. The van der Waals surface area contributed by atoms with Crippen molar-refractivity contribution in [1.29, 1.82) is 0 Å². The number of pyridine rings is 1. The lowest BCUT2D eigenvalue weighted by atomic mass is 10.2. The summed E-state index contributed by atoms with van der Waals surface area (Å²) in [5.41, 5.74) is 1.21. The number of nitrogens with zero attached hydrogens (tertiary/aromatic N) is 4. The molecular weight excluding hydrogens is 425 g/mol. The summed E-state index contributed by atoms with van der Waals surface area (Å²) in [5.74, 6) is -0.196. The molecule has 30 heavy (non-hydrogen) atoms. The lowest BCUT2D eigenvalue weighted by Gasteiger charge is -2.25. The van der Waals surface area contributed by atoms with Gasteiger partial charge in [0.05, 0.1) is 11.1 Å². The Morgan fingerprint density at radius 2 is 2.23 bits per heavy atom. The molecule has 8 nitrogen and oxygen atoms in total. The number of hydrogen-bond acceptors (Lipinski definition) is 6. The largest absolute Gasteiger partial charge is 0.405 e. The number of aliphatic hydroxyl groups excluding tert-OH is 1. The van der Waals surface area contributed by atoms with Crippen LogP contribution in [0, 0.1) is 0 Å². The van der Waals surface area contributed by atoms with E-state index in [-0.39, 0.29) is 15.8 Å². The Hall–Kier alpha value is -2.92. The second-order valence-electron chi connectivity index (χ2n) is 6.88. The highest BCUT2D eigenvalue weighted by Crippen LogP contribution is 2.30. The molecule has 0 saturated carbocycles. The summed E-state index contributed by atoms with van der Waals surface area (Å²) in [4.78, 5) is 29.7. The van der Waals surface area contributed by atoms with Gasteiger partial charge >= 0.3 is 6.18 Å². The van der Waals surface area contributed by atoms with Gasteiger partial charge in [-0.05, 0) is 12.1 Å². The molecule has 0 unspecified atom stereocenters. The summed E-state index contributed by atoms with van der Waals surface area (Å²) in [6, 6.07) is 2.26. The highest BCUT2D eigenvalue weighted by Gasteiger charge is 2.38. The molecule has 1 aliphatic rings. The minimum atomic E-state index is -4.52. The fourth-order valence-corrected chi connectivity index (χ4v) is 3.58. The number of hydrogen-bond donors (Lipinski definition) is 3. The van der Waals surface area contributed by atoms with E-state index in [4.69, 9.17) is 11.6 Å². The van der Waals surface area contributed by atoms with Crippen LogP contribution in [0.1, 0.15) is 9.27 Å². The summed E-state index contributed by atoms with van der Waals surface area (Å²) < 4.78 is 37.3. The van der Waals surface area contributed by atoms with E-state index in [0.29, 0.717) is 33.3 Å². The molecule has 162 valence electrons. The highest BCUT2D eigenvalue weighted by molar-refractivity contribution is 6.31.